The lowest BCUT2D eigenvalue weighted by Gasteiger charge is -2.19. The van der Waals surface area contributed by atoms with Gasteiger partial charge in [-0.05, 0) is 72.8 Å². The first-order valence-corrected chi connectivity index (χ1v) is 14.2. The summed E-state index contributed by atoms with van der Waals surface area (Å²) in [5.41, 5.74) is 0.557. The number of anilines is 2. The predicted octanol–water partition coefficient (Wildman–Crippen LogP) is 4.13. The second-order valence-electron chi connectivity index (χ2n) is 8.36. The molecule has 4 aromatic carbocycles. The average molecular weight is 549 g/mol. The van der Waals surface area contributed by atoms with Crippen molar-refractivity contribution in [3.63, 3.8) is 0 Å². The molecule has 1 amide bonds. The summed E-state index contributed by atoms with van der Waals surface area (Å²) in [4.78, 5) is 25.3. The van der Waals surface area contributed by atoms with E-state index in [0.717, 1.165) is 6.07 Å². The molecule has 0 unspecified atom stereocenters. The van der Waals surface area contributed by atoms with E-state index in [9.17, 15) is 26.4 Å². The molecule has 11 heteroatoms. The Balaban J connectivity index is 1.40. The van der Waals surface area contributed by atoms with E-state index in [0.29, 0.717) is 11.4 Å². The second-order valence-corrected chi connectivity index (χ2v) is 11.9. The van der Waals surface area contributed by atoms with Gasteiger partial charge in [0.05, 0.1) is 21.8 Å². The van der Waals surface area contributed by atoms with Crippen LogP contribution in [0.25, 0.3) is 0 Å². The number of ketones is 1. The Labute approximate surface area is 219 Å². The highest BCUT2D eigenvalue weighted by molar-refractivity contribution is 7.92. The lowest BCUT2D eigenvalue weighted by molar-refractivity contribution is 0.101. The molecule has 1 heterocycles. The number of benzene rings is 4. The Morgan fingerprint density at radius 2 is 1.50 bits per heavy atom. The third kappa shape index (κ3) is 4.53. The van der Waals surface area contributed by atoms with Crippen LogP contribution in [0.3, 0.4) is 0 Å². The Kier molecular flexibility index (Phi) is 6.25. The van der Waals surface area contributed by atoms with Crippen molar-refractivity contribution in [3.05, 3.63) is 108 Å². The van der Waals surface area contributed by atoms with Gasteiger partial charge >= 0.3 is 0 Å². The van der Waals surface area contributed by atoms with E-state index in [1.807, 2.05) is 0 Å². The minimum absolute atomic E-state index is 0.0101. The molecule has 0 saturated heterocycles. The number of hydrogen-bond donors (Lipinski definition) is 2. The van der Waals surface area contributed by atoms with Crippen LogP contribution in [0.15, 0.2) is 106 Å². The van der Waals surface area contributed by atoms with Crippen LogP contribution in [-0.4, -0.2) is 35.6 Å². The quantitative estimate of drug-likeness (QED) is 0.326. The number of amides is 1. The molecule has 192 valence electrons. The molecule has 9 nitrogen and oxygen atoms in total. The molecule has 0 spiro atoms. The van der Waals surface area contributed by atoms with Crippen LogP contribution in [0.2, 0.25) is 0 Å². The number of carbonyl (C=O) groups is 2. The van der Waals surface area contributed by atoms with Crippen molar-refractivity contribution >= 4 is 42.9 Å². The number of hydrogen-bond acceptors (Lipinski definition) is 7. The van der Waals surface area contributed by atoms with Crippen molar-refractivity contribution in [1.29, 1.82) is 0 Å². The van der Waals surface area contributed by atoms with Gasteiger partial charge in [-0.2, -0.15) is 0 Å². The molecular weight excluding hydrogens is 528 g/mol. The van der Waals surface area contributed by atoms with Crippen molar-refractivity contribution in [2.75, 3.05) is 17.1 Å². The fraction of sp³-hybridized carbons (Fsp3) is 0.0370. The van der Waals surface area contributed by atoms with Gasteiger partial charge in [0.15, 0.2) is 5.78 Å². The van der Waals surface area contributed by atoms with Crippen LogP contribution >= 0.6 is 0 Å². The summed E-state index contributed by atoms with van der Waals surface area (Å²) in [5.74, 6) is -0.548. The summed E-state index contributed by atoms with van der Waals surface area (Å²) in [5, 5.41) is 2.59. The highest BCUT2D eigenvalue weighted by atomic mass is 32.2. The molecule has 1 aliphatic rings. The standard InChI is InChI=1S/C27H20N2O7S2/c1-36-20-12-10-18(11-13-20)29-38(34,35)21-6-4-5-19(16-21)28-27(31)17-9-14-23-25(15-17)37(32,33)24-8-3-2-7-22(24)26(23)30/h2-16,29H,1H3,(H,28,31). The molecule has 0 atom stereocenters. The molecule has 0 saturated carbocycles. The number of methoxy groups -OCH3 is 1. The van der Waals surface area contributed by atoms with E-state index in [-0.39, 0.29) is 37.1 Å². The first-order chi connectivity index (χ1) is 18.1. The van der Waals surface area contributed by atoms with Gasteiger partial charge in [0.1, 0.15) is 5.75 Å². The van der Waals surface area contributed by atoms with Crippen molar-refractivity contribution in [3.8, 4) is 5.75 Å². The molecule has 5 rings (SSSR count). The highest BCUT2D eigenvalue weighted by Crippen LogP contribution is 2.35. The minimum atomic E-state index is -4.02. The maximum atomic E-state index is 13.2. The molecule has 38 heavy (non-hydrogen) atoms. The molecule has 2 N–H and O–H groups in total. The van der Waals surface area contributed by atoms with Crippen LogP contribution in [0, 0.1) is 0 Å². The average Bonchev–Trinajstić information content (AvgIpc) is 2.92. The fourth-order valence-corrected chi connectivity index (χ4v) is 6.82. The first-order valence-electron chi connectivity index (χ1n) is 11.2. The molecule has 0 aromatic heterocycles. The first kappa shape index (κ1) is 25.2. The lowest BCUT2D eigenvalue weighted by Crippen LogP contribution is -2.21. The molecule has 0 bridgehead atoms. The van der Waals surface area contributed by atoms with Gasteiger partial charge in [0.25, 0.3) is 15.9 Å². The van der Waals surface area contributed by atoms with Gasteiger partial charge in [-0.1, -0.05) is 18.2 Å². The Hall–Kier alpha value is -4.48. The molecular formula is C27H20N2O7S2. The summed E-state index contributed by atoms with van der Waals surface area (Å²) < 4.78 is 59.6. The van der Waals surface area contributed by atoms with Gasteiger partial charge in [-0.15, -0.1) is 0 Å². The van der Waals surface area contributed by atoms with Crippen LogP contribution in [0.4, 0.5) is 11.4 Å². The predicted molar refractivity (Wildman–Crippen MR) is 140 cm³/mol. The van der Waals surface area contributed by atoms with Gasteiger partial charge in [0.2, 0.25) is 9.84 Å². The summed E-state index contributed by atoms with van der Waals surface area (Å²) in [6.45, 7) is 0. The Morgan fingerprint density at radius 3 is 2.24 bits per heavy atom. The third-order valence-electron chi connectivity index (χ3n) is 5.94. The van der Waals surface area contributed by atoms with E-state index >= 15 is 0 Å². The van der Waals surface area contributed by atoms with Crippen molar-refractivity contribution in [2.45, 2.75) is 14.7 Å². The van der Waals surface area contributed by atoms with Crippen molar-refractivity contribution < 1.29 is 31.2 Å². The number of carbonyl (C=O) groups excluding carboxylic acids is 2. The Morgan fingerprint density at radius 1 is 0.789 bits per heavy atom. The van der Waals surface area contributed by atoms with E-state index in [4.69, 9.17) is 4.74 Å². The minimum Gasteiger partial charge on any atom is -0.497 e. The number of nitrogens with one attached hydrogen (secondary N) is 2. The van der Waals surface area contributed by atoms with E-state index in [1.165, 1.54) is 61.7 Å². The summed E-state index contributed by atoms with van der Waals surface area (Å²) in [6, 6.07) is 21.6. The maximum Gasteiger partial charge on any atom is 0.261 e. The van der Waals surface area contributed by atoms with E-state index in [2.05, 4.69) is 10.0 Å². The molecule has 0 fully saturated rings. The zero-order chi connectivity index (χ0) is 27.1. The van der Waals surface area contributed by atoms with Crippen molar-refractivity contribution in [2.24, 2.45) is 0 Å². The topological polar surface area (TPSA) is 136 Å². The van der Waals surface area contributed by atoms with Gasteiger partial charge in [-0.25, -0.2) is 16.8 Å². The van der Waals surface area contributed by atoms with Crippen molar-refractivity contribution in [1.82, 2.24) is 0 Å². The van der Waals surface area contributed by atoms with Crippen LogP contribution in [-0.2, 0) is 19.9 Å². The van der Waals surface area contributed by atoms with Gasteiger partial charge < -0.3 is 10.1 Å². The van der Waals surface area contributed by atoms with Gasteiger partial charge in [-0.3, -0.25) is 14.3 Å². The number of fused-ring (bicyclic) bond motifs is 2. The number of sulfone groups is 1. The smallest absolute Gasteiger partial charge is 0.261 e. The molecule has 1 aliphatic heterocycles. The SMILES string of the molecule is COc1ccc(NS(=O)(=O)c2cccc(NC(=O)c3ccc4c(c3)S(=O)(=O)c3ccccc3C4=O)c2)cc1. The Bertz CT molecular complexity index is 1810. The van der Waals surface area contributed by atoms with Crippen LogP contribution in [0.5, 0.6) is 5.75 Å². The maximum absolute atomic E-state index is 13.2. The molecule has 0 aliphatic carbocycles. The number of rotatable bonds is 6. The largest absolute Gasteiger partial charge is 0.497 e. The van der Waals surface area contributed by atoms with E-state index in [1.54, 1.807) is 30.3 Å². The molecule has 4 aromatic rings. The highest BCUT2D eigenvalue weighted by Gasteiger charge is 2.35. The third-order valence-corrected chi connectivity index (χ3v) is 9.17. The summed E-state index contributed by atoms with van der Waals surface area (Å²) in [7, 11) is -6.50. The fourth-order valence-electron chi connectivity index (χ4n) is 4.04. The molecule has 0 radical (unpaired) electrons. The second kappa shape index (κ2) is 9.43. The van der Waals surface area contributed by atoms with Crippen LogP contribution in [0.1, 0.15) is 26.3 Å². The monoisotopic (exact) mass is 548 g/mol. The van der Waals surface area contributed by atoms with Gasteiger partial charge in [0, 0.05) is 28.1 Å². The van der Waals surface area contributed by atoms with E-state index < -0.39 is 31.6 Å². The normalized spacial score (nSPS) is 13.7. The lowest BCUT2D eigenvalue weighted by atomic mass is 10.0. The van der Waals surface area contributed by atoms with Crippen LogP contribution < -0.4 is 14.8 Å². The summed E-state index contributed by atoms with van der Waals surface area (Å²) in [6.07, 6.45) is 0. The number of ether oxygens (including phenoxy) is 1. The zero-order valence-electron chi connectivity index (χ0n) is 19.8. The zero-order valence-corrected chi connectivity index (χ0v) is 21.5. The summed E-state index contributed by atoms with van der Waals surface area (Å²) >= 11 is 0. The number of sulfonamides is 1.